The molecule has 1 aromatic heterocycles. The first kappa shape index (κ1) is 13.7. The van der Waals surface area contributed by atoms with Gasteiger partial charge in [-0.1, -0.05) is 0 Å². The number of nitrogens with two attached hydrogens (primary N) is 1. The molecule has 0 aliphatic carbocycles. The van der Waals surface area contributed by atoms with E-state index in [-0.39, 0.29) is 17.6 Å². The summed E-state index contributed by atoms with van der Waals surface area (Å²) in [6.45, 7) is 3.15. The molecule has 7 nitrogen and oxygen atoms in total. The quantitative estimate of drug-likeness (QED) is 0.524. The fourth-order valence-corrected chi connectivity index (χ4v) is 2.22. The number of carbonyl (C=O) groups excluding carboxylic acids is 1. The molecule has 2 atom stereocenters. The number of nitrogens with zero attached hydrogens (tertiary/aromatic N) is 3. The first-order valence-corrected chi connectivity index (χ1v) is 6.40. The van der Waals surface area contributed by atoms with Crippen molar-refractivity contribution in [3.63, 3.8) is 0 Å². The average Bonchev–Trinajstić information content (AvgIpc) is 2.43. The van der Waals surface area contributed by atoms with Crippen molar-refractivity contribution in [2.24, 2.45) is 5.84 Å². The van der Waals surface area contributed by atoms with Crippen LogP contribution in [-0.4, -0.2) is 46.5 Å². The van der Waals surface area contributed by atoms with Crippen molar-refractivity contribution in [2.45, 2.75) is 31.8 Å². The maximum Gasteiger partial charge on any atom is 0.271 e. The SMILES string of the molecule is CC1CC(NC(=O)c2cncc(NN)n2)CCN1C. The Morgan fingerprint density at radius 3 is 3.00 bits per heavy atom. The number of hydrazine groups is 1. The van der Waals surface area contributed by atoms with E-state index >= 15 is 0 Å². The fraction of sp³-hybridized carbons (Fsp3) is 0.583. The summed E-state index contributed by atoms with van der Waals surface area (Å²) in [5.74, 6) is 5.42. The van der Waals surface area contributed by atoms with Crippen LogP contribution in [0, 0.1) is 0 Å². The monoisotopic (exact) mass is 264 g/mol. The van der Waals surface area contributed by atoms with Gasteiger partial charge in [0.25, 0.3) is 5.91 Å². The van der Waals surface area contributed by atoms with E-state index in [2.05, 4.69) is 39.6 Å². The lowest BCUT2D eigenvalue weighted by atomic mass is 9.99. The number of nitrogen functional groups attached to an aromatic ring is 1. The number of hydrogen-bond acceptors (Lipinski definition) is 6. The zero-order chi connectivity index (χ0) is 13.8. The van der Waals surface area contributed by atoms with Gasteiger partial charge in [0.05, 0.1) is 12.4 Å². The summed E-state index contributed by atoms with van der Waals surface area (Å²) in [7, 11) is 2.10. The third-order valence-corrected chi connectivity index (χ3v) is 3.56. The molecule has 19 heavy (non-hydrogen) atoms. The van der Waals surface area contributed by atoms with E-state index in [1.807, 2.05) is 0 Å². The highest BCUT2D eigenvalue weighted by molar-refractivity contribution is 5.92. The zero-order valence-corrected chi connectivity index (χ0v) is 11.3. The molecule has 7 heteroatoms. The number of piperidine rings is 1. The predicted molar refractivity (Wildman–Crippen MR) is 72.4 cm³/mol. The van der Waals surface area contributed by atoms with Gasteiger partial charge >= 0.3 is 0 Å². The van der Waals surface area contributed by atoms with Gasteiger partial charge in [-0.3, -0.25) is 9.78 Å². The number of nitrogens with one attached hydrogen (secondary N) is 2. The van der Waals surface area contributed by atoms with E-state index < -0.39 is 0 Å². The summed E-state index contributed by atoms with van der Waals surface area (Å²) < 4.78 is 0. The Balaban J connectivity index is 1.97. The Labute approximate surface area is 112 Å². The summed E-state index contributed by atoms with van der Waals surface area (Å²) in [5.41, 5.74) is 2.66. The molecule has 0 aromatic carbocycles. The molecule has 1 aromatic rings. The minimum atomic E-state index is -0.202. The lowest BCUT2D eigenvalue weighted by molar-refractivity contribution is 0.0891. The molecular formula is C12H20N6O. The van der Waals surface area contributed by atoms with E-state index in [4.69, 9.17) is 5.84 Å². The van der Waals surface area contributed by atoms with Gasteiger partial charge in [-0.2, -0.15) is 0 Å². The normalized spacial score (nSPS) is 23.9. The Kier molecular flexibility index (Phi) is 4.28. The number of likely N-dealkylation sites (tertiary alicyclic amines) is 1. The van der Waals surface area contributed by atoms with Crippen molar-refractivity contribution in [2.75, 3.05) is 19.0 Å². The maximum atomic E-state index is 12.1. The van der Waals surface area contributed by atoms with Crippen molar-refractivity contribution in [1.29, 1.82) is 0 Å². The van der Waals surface area contributed by atoms with Crippen LogP contribution in [0.4, 0.5) is 5.82 Å². The predicted octanol–water partition coefficient (Wildman–Crippen LogP) is -0.0253. The highest BCUT2D eigenvalue weighted by Crippen LogP contribution is 2.15. The number of hydrogen-bond donors (Lipinski definition) is 3. The summed E-state index contributed by atoms with van der Waals surface area (Å²) in [4.78, 5) is 22.4. The molecule has 0 radical (unpaired) electrons. The Morgan fingerprint density at radius 2 is 2.32 bits per heavy atom. The second kappa shape index (κ2) is 5.94. The second-order valence-corrected chi connectivity index (χ2v) is 4.96. The van der Waals surface area contributed by atoms with Gasteiger partial charge in [0.15, 0.2) is 5.82 Å². The van der Waals surface area contributed by atoms with E-state index in [0.29, 0.717) is 11.9 Å². The summed E-state index contributed by atoms with van der Waals surface area (Å²) >= 11 is 0. The molecular weight excluding hydrogens is 244 g/mol. The number of rotatable bonds is 3. The van der Waals surface area contributed by atoms with Crippen molar-refractivity contribution in [3.05, 3.63) is 18.1 Å². The van der Waals surface area contributed by atoms with Crippen molar-refractivity contribution >= 4 is 11.7 Å². The van der Waals surface area contributed by atoms with Gasteiger partial charge in [-0.15, -0.1) is 0 Å². The maximum absolute atomic E-state index is 12.1. The van der Waals surface area contributed by atoms with Crippen molar-refractivity contribution < 1.29 is 4.79 Å². The fourth-order valence-electron chi connectivity index (χ4n) is 2.22. The third kappa shape index (κ3) is 3.39. The topological polar surface area (TPSA) is 96.2 Å². The van der Waals surface area contributed by atoms with Crippen LogP contribution in [0.25, 0.3) is 0 Å². The van der Waals surface area contributed by atoms with Crippen LogP contribution in [0.1, 0.15) is 30.3 Å². The lowest BCUT2D eigenvalue weighted by Crippen LogP contribution is -2.47. The van der Waals surface area contributed by atoms with E-state index in [1.54, 1.807) is 0 Å². The van der Waals surface area contributed by atoms with Crippen LogP contribution in [0.3, 0.4) is 0 Å². The van der Waals surface area contributed by atoms with Gasteiger partial charge in [-0.25, -0.2) is 10.8 Å². The standard InChI is InChI=1S/C12H20N6O/c1-8-5-9(3-4-18(8)2)15-12(19)10-6-14-7-11(16-10)17-13/h6-9H,3-5,13H2,1-2H3,(H,15,19)(H,16,17). The lowest BCUT2D eigenvalue weighted by Gasteiger charge is -2.35. The molecule has 2 heterocycles. The number of anilines is 1. The third-order valence-electron chi connectivity index (χ3n) is 3.56. The van der Waals surface area contributed by atoms with E-state index in [9.17, 15) is 4.79 Å². The number of aromatic nitrogens is 2. The molecule has 4 N–H and O–H groups in total. The van der Waals surface area contributed by atoms with Crippen molar-refractivity contribution in [3.8, 4) is 0 Å². The van der Waals surface area contributed by atoms with Crippen LogP contribution in [0.5, 0.6) is 0 Å². The van der Waals surface area contributed by atoms with E-state index in [1.165, 1.54) is 12.4 Å². The first-order chi connectivity index (χ1) is 9.10. The molecule has 0 spiro atoms. The Morgan fingerprint density at radius 1 is 1.53 bits per heavy atom. The Hall–Kier alpha value is -1.73. The highest BCUT2D eigenvalue weighted by atomic mass is 16.2. The number of amides is 1. The second-order valence-electron chi connectivity index (χ2n) is 4.96. The van der Waals surface area contributed by atoms with Gasteiger partial charge in [-0.05, 0) is 26.8 Å². The van der Waals surface area contributed by atoms with Crippen LogP contribution < -0.4 is 16.6 Å². The van der Waals surface area contributed by atoms with Gasteiger partial charge in [0, 0.05) is 18.6 Å². The minimum absolute atomic E-state index is 0.190. The molecule has 2 unspecified atom stereocenters. The van der Waals surface area contributed by atoms with Gasteiger partial charge < -0.3 is 15.6 Å². The highest BCUT2D eigenvalue weighted by Gasteiger charge is 2.24. The zero-order valence-electron chi connectivity index (χ0n) is 11.3. The molecule has 104 valence electrons. The number of carbonyl (C=O) groups is 1. The van der Waals surface area contributed by atoms with Gasteiger partial charge in [0.1, 0.15) is 5.69 Å². The van der Waals surface area contributed by atoms with Crippen molar-refractivity contribution in [1.82, 2.24) is 20.2 Å². The van der Waals surface area contributed by atoms with Gasteiger partial charge in [0.2, 0.25) is 0 Å². The molecule has 0 bridgehead atoms. The summed E-state index contributed by atoms with van der Waals surface area (Å²) in [6, 6.07) is 0.664. The smallest absolute Gasteiger partial charge is 0.271 e. The van der Waals surface area contributed by atoms with E-state index in [0.717, 1.165) is 19.4 Å². The summed E-state index contributed by atoms with van der Waals surface area (Å²) in [6.07, 6.45) is 4.81. The van der Waals surface area contributed by atoms with Crippen LogP contribution in [0.15, 0.2) is 12.4 Å². The van der Waals surface area contributed by atoms with Crippen LogP contribution in [-0.2, 0) is 0 Å². The molecule has 1 fully saturated rings. The average molecular weight is 264 g/mol. The molecule has 1 aliphatic rings. The minimum Gasteiger partial charge on any atom is -0.348 e. The first-order valence-electron chi connectivity index (χ1n) is 6.40. The molecule has 0 saturated carbocycles. The molecule has 2 rings (SSSR count). The molecule has 1 saturated heterocycles. The van der Waals surface area contributed by atoms with Crippen LogP contribution >= 0.6 is 0 Å². The molecule has 1 aliphatic heterocycles. The summed E-state index contributed by atoms with van der Waals surface area (Å²) in [5, 5.41) is 3.00. The van der Waals surface area contributed by atoms with Crippen LogP contribution in [0.2, 0.25) is 0 Å². The Bertz CT molecular complexity index is 452. The largest absolute Gasteiger partial charge is 0.348 e. The molecule has 1 amide bonds.